The van der Waals surface area contributed by atoms with Crippen molar-refractivity contribution in [2.24, 2.45) is 0 Å². The molecule has 0 atom stereocenters. The molecule has 3 N–H and O–H groups in total. The van der Waals surface area contributed by atoms with Crippen LogP contribution in [-0.2, 0) is 14.8 Å². The van der Waals surface area contributed by atoms with Crippen molar-refractivity contribution in [1.82, 2.24) is 4.72 Å². The Hall–Kier alpha value is -3.96. The topological polar surface area (TPSA) is 123 Å². The van der Waals surface area contributed by atoms with Gasteiger partial charge in [0, 0.05) is 24.7 Å². The van der Waals surface area contributed by atoms with Crippen LogP contribution < -0.4 is 24.8 Å². The third-order valence-electron chi connectivity index (χ3n) is 4.85. The van der Waals surface area contributed by atoms with E-state index < -0.39 is 32.6 Å². The number of halogens is 1. The molecule has 3 aromatic carbocycles. The highest BCUT2D eigenvalue weighted by atomic mass is 32.2. The molecule has 0 unspecified atom stereocenters. The van der Waals surface area contributed by atoms with E-state index in [0.717, 1.165) is 12.1 Å². The molecule has 0 bridgehead atoms. The Morgan fingerprint density at radius 3 is 2.47 bits per heavy atom. The Morgan fingerprint density at radius 2 is 1.65 bits per heavy atom. The van der Waals surface area contributed by atoms with E-state index in [4.69, 9.17) is 9.47 Å². The van der Waals surface area contributed by atoms with Gasteiger partial charge in [-0.2, -0.15) is 0 Å². The van der Waals surface area contributed by atoms with E-state index in [1.165, 1.54) is 12.1 Å². The van der Waals surface area contributed by atoms with Crippen LogP contribution >= 0.6 is 0 Å². The van der Waals surface area contributed by atoms with Crippen molar-refractivity contribution < 1.29 is 31.9 Å². The molecule has 0 spiro atoms. The number of para-hydroxylation sites is 1. The van der Waals surface area contributed by atoms with Crippen LogP contribution in [0.4, 0.5) is 15.8 Å². The molecule has 9 nitrogen and oxygen atoms in total. The number of anilines is 2. The summed E-state index contributed by atoms with van der Waals surface area (Å²) >= 11 is 0. The quantitative estimate of drug-likeness (QED) is 0.451. The second-order valence-electron chi connectivity index (χ2n) is 7.19. The van der Waals surface area contributed by atoms with E-state index in [0.29, 0.717) is 17.2 Å². The molecule has 0 aliphatic carbocycles. The van der Waals surface area contributed by atoms with Crippen LogP contribution in [0.2, 0.25) is 0 Å². The predicted molar refractivity (Wildman–Crippen MR) is 122 cm³/mol. The Bertz CT molecular complexity index is 1350. The molecule has 11 heteroatoms. The average Bonchev–Trinajstić information content (AvgIpc) is 3.27. The van der Waals surface area contributed by atoms with Crippen LogP contribution in [0.5, 0.6) is 11.5 Å². The molecule has 0 saturated heterocycles. The standard InChI is InChI=1S/C23H20FN3O6S/c24-17-6-2-4-8-21(17)34(30,31)25-12-11-22(28)27-18-7-3-1-5-16(18)23(29)26-15-9-10-19-20(13-15)33-14-32-19/h1-10,13,25H,11-12,14H2,(H,26,29)(H,27,28). The van der Waals surface area contributed by atoms with Crippen LogP contribution in [0.15, 0.2) is 71.6 Å². The van der Waals surface area contributed by atoms with E-state index in [-0.39, 0.29) is 31.0 Å². The van der Waals surface area contributed by atoms with E-state index in [1.54, 1.807) is 42.5 Å². The summed E-state index contributed by atoms with van der Waals surface area (Å²) in [6.45, 7) is -0.147. The van der Waals surface area contributed by atoms with Gasteiger partial charge in [0.25, 0.3) is 5.91 Å². The first-order chi connectivity index (χ1) is 16.3. The van der Waals surface area contributed by atoms with Crippen molar-refractivity contribution in [3.8, 4) is 11.5 Å². The fourth-order valence-corrected chi connectivity index (χ4v) is 4.32. The van der Waals surface area contributed by atoms with Crippen molar-refractivity contribution in [2.45, 2.75) is 11.3 Å². The Morgan fingerprint density at radius 1 is 0.912 bits per heavy atom. The number of hydrogen-bond acceptors (Lipinski definition) is 6. The summed E-state index contributed by atoms with van der Waals surface area (Å²) in [5.41, 5.74) is 0.945. The van der Waals surface area contributed by atoms with Gasteiger partial charge in [-0.1, -0.05) is 24.3 Å². The first-order valence-corrected chi connectivity index (χ1v) is 11.7. The highest BCUT2D eigenvalue weighted by Gasteiger charge is 2.19. The SMILES string of the molecule is O=C(CCNS(=O)(=O)c1ccccc1F)Nc1ccccc1C(=O)Nc1ccc2c(c1)OCO2. The van der Waals surface area contributed by atoms with Crippen molar-refractivity contribution in [3.05, 3.63) is 78.1 Å². The smallest absolute Gasteiger partial charge is 0.257 e. The van der Waals surface area contributed by atoms with Crippen LogP contribution in [0.1, 0.15) is 16.8 Å². The maximum absolute atomic E-state index is 13.8. The number of benzene rings is 3. The summed E-state index contributed by atoms with van der Waals surface area (Å²) in [5, 5.41) is 5.34. The second-order valence-corrected chi connectivity index (χ2v) is 8.93. The lowest BCUT2D eigenvalue weighted by atomic mass is 10.1. The van der Waals surface area contributed by atoms with Gasteiger partial charge in [0.1, 0.15) is 10.7 Å². The van der Waals surface area contributed by atoms with Crippen LogP contribution in [0.25, 0.3) is 0 Å². The monoisotopic (exact) mass is 485 g/mol. The van der Waals surface area contributed by atoms with E-state index >= 15 is 0 Å². The number of fused-ring (bicyclic) bond motifs is 1. The number of nitrogens with one attached hydrogen (secondary N) is 3. The molecular formula is C23H20FN3O6S. The van der Waals surface area contributed by atoms with Gasteiger partial charge in [-0.05, 0) is 36.4 Å². The fraction of sp³-hybridized carbons (Fsp3) is 0.130. The maximum atomic E-state index is 13.8. The van der Waals surface area contributed by atoms with Crippen LogP contribution in [-0.4, -0.2) is 33.6 Å². The van der Waals surface area contributed by atoms with Gasteiger partial charge in [-0.25, -0.2) is 17.5 Å². The minimum Gasteiger partial charge on any atom is -0.454 e. The van der Waals surface area contributed by atoms with Crippen molar-refractivity contribution in [3.63, 3.8) is 0 Å². The minimum absolute atomic E-state index is 0.109. The molecule has 1 aliphatic rings. The number of carbonyl (C=O) groups is 2. The summed E-state index contributed by atoms with van der Waals surface area (Å²) in [4.78, 5) is 24.7. The third-order valence-corrected chi connectivity index (χ3v) is 6.34. The summed E-state index contributed by atoms with van der Waals surface area (Å²) in [5.74, 6) is -0.787. The van der Waals surface area contributed by atoms with Gasteiger partial charge in [-0.3, -0.25) is 9.59 Å². The highest BCUT2D eigenvalue weighted by Crippen LogP contribution is 2.34. The summed E-state index contributed by atoms with van der Waals surface area (Å²) < 4.78 is 50.9. The fourth-order valence-electron chi connectivity index (χ4n) is 3.21. The lowest BCUT2D eigenvalue weighted by Gasteiger charge is -2.12. The Kier molecular flexibility index (Phi) is 6.75. The second kappa shape index (κ2) is 9.89. The zero-order chi connectivity index (χ0) is 24.1. The Balaban J connectivity index is 1.36. The van der Waals surface area contributed by atoms with Gasteiger partial charge in [0.2, 0.25) is 22.7 Å². The largest absolute Gasteiger partial charge is 0.454 e. The van der Waals surface area contributed by atoms with Crippen LogP contribution in [0, 0.1) is 5.82 Å². The first-order valence-electron chi connectivity index (χ1n) is 10.2. The predicted octanol–water partition coefficient (Wildman–Crippen LogP) is 3.11. The molecule has 176 valence electrons. The molecule has 2 amide bonds. The number of carbonyl (C=O) groups excluding carboxylic acids is 2. The van der Waals surface area contributed by atoms with Gasteiger partial charge in [0.15, 0.2) is 11.5 Å². The zero-order valence-corrected chi connectivity index (χ0v) is 18.5. The zero-order valence-electron chi connectivity index (χ0n) is 17.7. The lowest BCUT2D eigenvalue weighted by molar-refractivity contribution is -0.116. The molecule has 1 aliphatic heterocycles. The molecule has 0 saturated carbocycles. The first kappa shape index (κ1) is 23.2. The number of rotatable bonds is 8. The molecule has 0 radical (unpaired) electrons. The molecule has 3 aromatic rings. The van der Waals surface area contributed by atoms with Crippen molar-refractivity contribution >= 4 is 33.2 Å². The average molecular weight is 485 g/mol. The number of sulfonamides is 1. The maximum Gasteiger partial charge on any atom is 0.257 e. The van der Waals surface area contributed by atoms with Gasteiger partial charge >= 0.3 is 0 Å². The van der Waals surface area contributed by atoms with Crippen molar-refractivity contribution in [1.29, 1.82) is 0 Å². The van der Waals surface area contributed by atoms with E-state index in [1.807, 2.05) is 0 Å². The number of ether oxygens (including phenoxy) is 2. The van der Waals surface area contributed by atoms with Gasteiger partial charge < -0.3 is 20.1 Å². The van der Waals surface area contributed by atoms with Crippen molar-refractivity contribution in [2.75, 3.05) is 24.0 Å². The highest BCUT2D eigenvalue weighted by molar-refractivity contribution is 7.89. The molecule has 34 heavy (non-hydrogen) atoms. The van der Waals surface area contributed by atoms with E-state index in [2.05, 4.69) is 15.4 Å². The summed E-state index contributed by atoms with van der Waals surface area (Å²) in [6, 6.07) is 16.3. The Labute approximate surface area is 194 Å². The third kappa shape index (κ3) is 5.33. The number of amides is 2. The molecule has 1 heterocycles. The van der Waals surface area contributed by atoms with Crippen LogP contribution in [0.3, 0.4) is 0 Å². The summed E-state index contributed by atoms with van der Waals surface area (Å²) in [7, 11) is -4.11. The van der Waals surface area contributed by atoms with Gasteiger partial charge in [0.05, 0.1) is 11.3 Å². The normalized spacial score (nSPS) is 12.3. The number of hydrogen-bond donors (Lipinski definition) is 3. The van der Waals surface area contributed by atoms with Gasteiger partial charge in [-0.15, -0.1) is 0 Å². The summed E-state index contributed by atoms with van der Waals surface area (Å²) in [6.07, 6.45) is -0.230. The minimum atomic E-state index is -4.11. The molecular weight excluding hydrogens is 465 g/mol. The van der Waals surface area contributed by atoms with E-state index in [9.17, 15) is 22.4 Å². The molecule has 4 rings (SSSR count). The molecule has 0 fully saturated rings. The lowest BCUT2D eigenvalue weighted by Crippen LogP contribution is -2.28. The molecule has 0 aromatic heterocycles.